The van der Waals surface area contributed by atoms with Crippen LogP contribution in [0.5, 0.6) is 0 Å². The van der Waals surface area contributed by atoms with Crippen LogP contribution >= 0.6 is 0 Å². The van der Waals surface area contributed by atoms with Crippen molar-refractivity contribution in [1.29, 1.82) is 0 Å². The summed E-state index contributed by atoms with van der Waals surface area (Å²) in [6.07, 6.45) is 3.95. The number of carbonyl (C=O) groups excluding carboxylic acids is 1. The first-order valence-corrected chi connectivity index (χ1v) is 6.00. The molecule has 3 heteroatoms. The van der Waals surface area contributed by atoms with Crippen LogP contribution < -0.4 is 0 Å². The maximum atomic E-state index is 11.5. The van der Waals surface area contributed by atoms with Crippen molar-refractivity contribution in [3.8, 4) is 0 Å². The highest BCUT2D eigenvalue weighted by atomic mass is 17.2. The predicted octanol–water partition coefficient (Wildman–Crippen LogP) is 3.34. The van der Waals surface area contributed by atoms with Gasteiger partial charge in [0.15, 0.2) is 0 Å². The molecule has 0 heterocycles. The lowest BCUT2D eigenvalue weighted by molar-refractivity contribution is -0.239. The zero-order valence-electron chi connectivity index (χ0n) is 10.3. The van der Waals surface area contributed by atoms with Gasteiger partial charge >= 0.3 is 5.97 Å². The van der Waals surface area contributed by atoms with Crippen LogP contribution in [0.3, 0.4) is 0 Å². The first kappa shape index (κ1) is 13.7. The second-order valence-electron chi connectivity index (χ2n) is 3.85. The quantitative estimate of drug-likeness (QED) is 0.413. The Hall–Kier alpha value is -1.35. The smallest absolute Gasteiger partial charge is 0.293 e. The molecule has 1 aromatic carbocycles. The van der Waals surface area contributed by atoms with E-state index in [1.165, 1.54) is 12.0 Å². The number of rotatable bonds is 7. The molecule has 0 fully saturated rings. The van der Waals surface area contributed by atoms with Crippen LogP contribution in [0.1, 0.15) is 42.1 Å². The first-order chi connectivity index (χ1) is 8.27. The van der Waals surface area contributed by atoms with Gasteiger partial charge in [-0.25, -0.2) is 4.79 Å². The normalized spacial score (nSPS) is 10.2. The van der Waals surface area contributed by atoms with Crippen molar-refractivity contribution in [3.05, 3.63) is 42.3 Å². The molecule has 0 saturated carbocycles. The van der Waals surface area contributed by atoms with Gasteiger partial charge in [0.2, 0.25) is 0 Å². The third-order valence-corrected chi connectivity index (χ3v) is 2.37. The van der Waals surface area contributed by atoms with Crippen molar-refractivity contribution in [2.24, 2.45) is 0 Å². The molecule has 1 aromatic rings. The van der Waals surface area contributed by atoms with E-state index in [-0.39, 0.29) is 0 Å². The lowest BCUT2D eigenvalue weighted by Crippen LogP contribution is -2.06. The molecule has 1 radical (unpaired) electrons. The van der Waals surface area contributed by atoms with Crippen molar-refractivity contribution in [3.63, 3.8) is 0 Å². The first-order valence-electron chi connectivity index (χ1n) is 6.00. The fraction of sp³-hybridized carbons (Fsp3) is 0.429. The number of hydrogen-bond acceptors (Lipinski definition) is 3. The molecule has 0 atom stereocenters. The van der Waals surface area contributed by atoms with Crippen LogP contribution in [-0.4, -0.2) is 12.6 Å². The summed E-state index contributed by atoms with van der Waals surface area (Å²) in [6.45, 7) is 6.06. The van der Waals surface area contributed by atoms with Crippen molar-refractivity contribution >= 4 is 5.97 Å². The Balaban J connectivity index is 2.46. The number of carbonyl (C=O) groups is 1. The standard InChI is InChI=1S/C14H19O3/c1-3-5-6-12-7-9-13(10-8-12)14(15)17-16-11-4-2/h7-10H,2-6,11H2,1H3. The molecule has 0 aliphatic rings. The maximum Gasteiger partial charge on any atom is 0.373 e. The van der Waals surface area contributed by atoms with Crippen LogP contribution in [0.25, 0.3) is 0 Å². The fourth-order valence-electron chi connectivity index (χ4n) is 1.39. The van der Waals surface area contributed by atoms with Crippen LogP contribution in [-0.2, 0) is 16.2 Å². The minimum Gasteiger partial charge on any atom is -0.293 e. The molecule has 0 aliphatic heterocycles. The predicted molar refractivity (Wildman–Crippen MR) is 66.4 cm³/mol. The van der Waals surface area contributed by atoms with Gasteiger partial charge in [0.05, 0.1) is 12.2 Å². The second-order valence-corrected chi connectivity index (χ2v) is 3.85. The van der Waals surface area contributed by atoms with E-state index in [1.54, 1.807) is 12.1 Å². The molecule has 17 heavy (non-hydrogen) atoms. The lowest BCUT2D eigenvalue weighted by Gasteiger charge is -2.04. The van der Waals surface area contributed by atoms with E-state index < -0.39 is 5.97 Å². The van der Waals surface area contributed by atoms with Gasteiger partial charge in [-0.1, -0.05) is 32.4 Å². The Morgan fingerprint density at radius 3 is 2.59 bits per heavy atom. The van der Waals surface area contributed by atoms with Gasteiger partial charge in [0.25, 0.3) is 0 Å². The summed E-state index contributed by atoms with van der Waals surface area (Å²) < 4.78 is 0. The third-order valence-electron chi connectivity index (χ3n) is 2.37. The summed E-state index contributed by atoms with van der Waals surface area (Å²) in [5.41, 5.74) is 1.75. The highest BCUT2D eigenvalue weighted by Gasteiger charge is 2.07. The van der Waals surface area contributed by atoms with E-state index >= 15 is 0 Å². The van der Waals surface area contributed by atoms with Gasteiger partial charge in [-0.2, -0.15) is 4.89 Å². The number of hydrogen-bond donors (Lipinski definition) is 0. The summed E-state index contributed by atoms with van der Waals surface area (Å²) in [4.78, 5) is 20.8. The fourth-order valence-corrected chi connectivity index (χ4v) is 1.39. The van der Waals surface area contributed by atoms with Gasteiger partial charge in [0, 0.05) is 0 Å². The van der Waals surface area contributed by atoms with E-state index in [2.05, 4.69) is 23.6 Å². The molecular weight excluding hydrogens is 216 g/mol. The SMILES string of the molecule is [CH2]CCOOC(=O)c1ccc(CCCC)cc1. The Morgan fingerprint density at radius 2 is 2.00 bits per heavy atom. The van der Waals surface area contributed by atoms with Crippen molar-refractivity contribution in [1.82, 2.24) is 0 Å². The average Bonchev–Trinajstić information content (AvgIpc) is 2.37. The number of aryl methyl sites for hydroxylation is 1. The molecule has 0 unspecified atom stereocenters. The lowest BCUT2D eigenvalue weighted by atomic mass is 10.1. The Morgan fingerprint density at radius 1 is 1.29 bits per heavy atom. The highest BCUT2D eigenvalue weighted by Crippen LogP contribution is 2.09. The Labute approximate surface area is 103 Å². The van der Waals surface area contributed by atoms with Crippen LogP contribution in [0.4, 0.5) is 0 Å². The van der Waals surface area contributed by atoms with Gasteiger partial charge in [-0.05, 0) is 37.0 Å². The monoisotopic (exact) mass is 235 g/mol. The Bertz CT molecular complexity index is 330. The number of benzene rings is 1. The summed E-state index contributed by atoms with van der Waals surface area (Å²) in [7, 11) is 0. The minimum atomic E-state index is -0.458. The van der Waals surface area contributed by atoms with Gasteiger partial charge in [0.1, 0.15) is 0 Å². The van der Waals surface area contributed by atoms with Crippen molar-refractivity contribution in [2.45, 2.75) is 32.6 Å². The van der Waals surface area contributed by atoms with E-state index in [0.717, 1.165) is 12.8 Å². The molecule has 0 spiro atoms. The zero-order valence-corrected chi connectivity index (χ0v) is 10.3. The highest BCUT2D eigenvalue weighted by molar-refractivity contribution is 5.88. The molecule has 0 saturated heterocycles. The topological polar surface area (TPSA) is 35.5 Å². The second kappa shape index (κ2) is 7.85. The van der Waals surface area contributed by atoms with Crippen LogP contribution in [0.2, 0.25) is 0 Å². The molecule has 0 aromatic heterocycles. The largest absolute Gasteiger partial charge is 0.373 e. The molecule has 0 N–H and O–H groups in total. The van der Waals surface area contributed by atoms with Gasteiger partial charge < -0.3 is 0 Å². The van der Waals surface area contributed by atoms with E-state index in [1.807, 2.05) is 12.1 Å². The average molecular weight is 235 g/mol. The van der Waals surface area contributed by atoms with Crippen LogP contribution in [0, 0.1) is 6.92 Å². The zero-order chi connectivity index (χ0) is 12.5. The minimum absolute atomic E-state index is 0.320. The van der Waals surface area contributed by atoms with Crippen molar-refractivity contribution in [2.75, 3.05) is 6.61 Å². The molecule has 93 valence electrons. The third kappa shape index (κ3) is 5.00. The van der Waals surface area contributed by atoms with Crippen molar-refractivity contribution < 1.29 is 14.6 Å². The Kier molecular flexibility index (Phi) is 6.33. The summed E-state index contributed by atoms with van der Waals surface area (Å²) >= 11 is 0. The molecule has 0 amide bonds. The van der Waals surface area contributed by atoms with Crippen LogP contribution in [0.15, 0.2) is 24.3 Å². The molecule has 1 rings (SSSR count). The summed E-state index contributed by atoms with van der Waals surface area (Å²) in [5, 5.41) is 0. The molecule has 0 bridgehead atoms. The molecular formula is C14H19O3. The number of unbranched alkanes of at least 4 members (excludes halogenated alkanes) is 1. The van der Waals surface area contributed by atoms with E-state index in [9.17, 15) is 4.79 Å². The van der Waals surface area contributed by atoms with E-state index in [0.29, 0.717) is 18.6 Å². The maximum absolute atomic E-state index is 11.5. The van der Waals surface area contributed by atoms with E-state index in [4.69, 9.17) is 0 Å². The van der Waals surface area contributed by atoms with Gasteiger partial charge in [-0.15, -0.1) is 0 Å². The van der Waals surface area contributed by atoms with Gasteiger partial charge in [-0.3, -0.25) is 4.89 Å². The molecule has 3 nitrogen and oxygen atoms in total. The molecule has 0 aliphatic carbocycles. The summed E-state index contributed by atoms with van der Waals surface area (Å²) in [5.74, 6) is -0.458. The summed E-state index contributed by atoms with van der Waals surface area (Å²) in [6, 6.07) is 7.43.